The minimum atomic E-state index is -4.36. The van der Waals surface area contributed by atoms with Crippen LogP contribution in [0, 0.1) is 0 Å². The predicted octanol–water partition coefficient (Wildman–Crippen LogP) is 5.02. The number of rotatable bonds is 6. The lowest BCUT2D eigenvalue weighted by molar-refractivity contribution is -0.137. The summed E-state index contributed by atoms with van der Waals surface area (Å²) in [4.78, 5) is 11.7. The van der Waals surface area contributed by atoms with Gasteiger partial charge in [0, 0.05) is 12.0 Å². The molecule has 104 valence electrons. The standard InChI is InChI=1S/C15H17F3O/c1-2-3-4-5-6-7-14(19)12-8-10-13(11-9-12)15(16,17)18/h5-6,8-11H,2-4,7H2,1H3/b6-5-. The van der Waals surface area contributed by atoms with Crippen molar-refractivity contribution in [1.82, 2.24) is 0 Å². The predicted molar refractivity (Wildman–Crippen MR) is 69.1 cm³/mol. The Kier molecular flexibility index (Phi) is 5.80. The van der Waals surface area contributed by atoms with Gasteiger partial charge in [-0.3, -0.25) is 4.79 Å². The highest BCUT2D eigenvalue weighted by Crippen LogP contribution is 2.29. The van der Waals surface area contributed by atoms with Crippen LogP contribution in [0.15, 0.2) is 36.4 Å². The van der Waals surface area contributed by atoms with Crippen LogP contribution in [0.5, 0.6) is 0 Å². The molecular formula is C15H17F3O. The van der Waals surface area contributed by atoms with Crippen LogP contribution in [0.1, 0.15) is 48.5 Å². The van der Waals surface area contributed by atoms with E-state index in [1.807, 2.05) is 6.08 Å². The van der Waals surface area contributed by atoms with Gasteiger partial charge in [-0.15, -0.1) is 0 Å². The van der Waals surface area contributed by atoms with Gasteiger partial charge >= 0.3 is 6.18 Å². The molecule has 19 heavy (non-hydrogen) atoms. The van der Waals surface area contributed by atoms with Crippen LogP contribution < -0.4 is 0 Å². The first-order chi connectivity index (χ1) is 8.95. The van der Waals surface area contributed by atoms with E-state index in [4.69, 9.17) is 0 Å². The Bertz CT molecular complexity index is 430. The van der Waals surface area contributed by atoms with Crippen molar-refractivity contribution in [2.24, 2.45) is 0 Å². The Labute approximate surface area is 111 Å². The molecule has 1 nitrogen and oxygen atoms in total. The molecule has 0 aliphatic carbocycles. The average molecular weight is 270 g/mol. The van der Waals surface area contributed by atoms with Gasteiger partial charge in [0.25, 0.3) is 0 Å². The fourth-order valence-corrected chi connectivity index (χ4v) is 1.59. The van der Waals surface area contributed by atoms with E-state index in [2.05, 4.69) is 6.92 Å². The molecule has 0 fully saturated rings. The van der Waals surface area contributed by atoms with E-state index >= 15 is 0 Å². The zero-order valence-electron chi connectivity index (χ0n) is 10.8. The summed E-state index contributed by atoms with van der Waals surface area (Å²) in [7, 11) is 0. The summed E-state index contributed by atoms with van der Waals surface area (Å²) in [6, 6.07) is 4.33. The second-order valence-electron chi connectivity index (χ2n) is 4.32. The number of ketones is 1. The molecule has 0 amide bonds. The van der Waals surface area contributed by atoms with Gasteiger partial charge in [0.05, 0.1) is 5.56 Å². The number of halogens is 3. The molecule has 0 atom stereocenters. The molecule has 0 aromatic heterocycles. The number of benzene rings is 1. The monoisotopic (exact) mass is 270 g/mol. The summed E-state index contributed by atoms with van der Waals surface area (Å²) in [6.45, 7) is 2.08. The molecule has 1 rings (SSSR count). The highest BCUT2D eigenvalue weighted by atomic mass is 19.4. The zero-order chi connectivity index (χ0) is 14.3. The van der Waals surface area contributed by atoms with Gasteiger partial charge in [-0.1, -0.05) is 44.1 Å². The molecular weight excluding hydrogens is 253 g/mol. The number of alkyl halides is 3. The first kappa shape index (κ1) is 15.5. The van der Waals surface area contributed by atoms with Crippen LogP contribution in [0.25, 0.3) is 0 Å². The Morgan fingerprint density at radius 3 is 2.32 bits per heavy atom. The van der Waals surface area contributed by atoms with Gasteiger partial charge in [0.1, 0.15) is 0 Å². The topological polar surface area (TPSA) is 17.1 Å². The Morgan fingerprint density at radius 2 is 1.79 bits per heavy atom. The number of allylic oxidation sites excluding steroid dienone is 2. The fraction of sp³-hybridized carbons (Fsp3) is 0.400. The number of Topliss-reactive ketones (excluding diaryl/α,β-unsaturated/α-hetero) is 1. The van der Waals surface area contributed by atoms with Crippen molar-refractivity contribution in [3.63, 3.8) is 0 Å². The molecule has 0 bridgehead atoms. The molecule has 1 aromatic rings. The van der Waals surface area contributed by atoms with E-state index in [0.717, 1.165) is 31.4 Å². The average Bonchev–Trinajstić information content (AvgIpc) is 2.37. The van der Waals surface area contributed by atoms with Crippen molar-refractivity contribution in [1.29, 1.82) is 0 Å². The largest absolute Gasteiger partial charge is 0.416 e. The summed E-state index contributed by atoms with van der Waals surface area (Å²) in [6.07, 6.45) is 2.68. The Balaban J connectivity index is 2.56. The van der Waals surface area contributed by atoms with Gasteiger partial charge in [-0.25, -0.2) is 0 Å². The maximum absolute atomic E-state index is 12.3. The van der Waals surface area contributed by atoms with Crippen LogP contribution in [0.2, 0.25) is 0 Å². The minimum Gasteiger partial charge on any atom is -0.294 e. The quantitative estimate of drug-likeness (QED) is 0.403. The second kappa shape index (κ2) is 7.12. The molecule has 0 N–H and O–H groups in total. The minimum absolute atomic E-state index is 0.165. The zero-order valence-corrected chi connectivity index (χ0v) is 10.8. The first-order valence-electron chi connectivity index (χ1n) is 6.30. The maximum atomic E-state index is 12.3. The van der Waals surface area contributed by atoms with Crippen LogP contribution in [0.3, 0.4) is 0 Å². The smallest absolute Gasteiger partial charge is 0.294 e. The van der Waals surface area contributed by atoms with Gasteiger partial charge in [-0.2, -0.15) is 13.2 Å². The van der Waals surface area contributed by atoms with E-state index in [1.54, 1.807) is 6.08 Å². The van der Waals surface area contributed by atoms with E-state index in [0.29, 0.717) is 5.56 Å². The molecule has 4 heteroatoms. The third-order valence-corrected chi connectivity index (χ3v) is 2.73. The normalized spacial score (nSPS) is 12.0. The maximum Gasteiger partial charge on any atom is 0.416 e. The molecule has 0 heterocycles. The van der Waals surface area contributed by atoms with Gasteiger partial charge < -0.3 is 0 Å². The van der Waals surface area contributed by atoms with Crippen molar-refractivity contribution in [2.75, 3.05) is 0 Å². The highest BCUT2D eigenvalue weighted by molar-refractivity contribution is 5.96. The number of hydrogen-bond donors (Lipinski definition) is 0. The van der Waals surface area contributed by atoms with Crippen LogP contribution in [-0.2, 0) is 6.18 Å². The van der Waals surface area contributed by atoms with E-state index in [9.17, 15) is 18.0 Å². The number of carbonyl (C=O) groups is 1. The van der Waals surface area contributed by atoms with E-state index in [1.165, 1.54) is 12.1 Å². The van der Waals surface area contributed by atoms with Gasteiger partial charge in [-0.05, 0) is 18.6 Å². The molecule has 0 radical (unpaired) electrons. The third-order valence-electron chi connectivity index (χ3n) is 2.73. The molecule has 0 spiro atoms. The van der Waals surface area contributed by atoms with Crippen molar-refractivity contribution in [2.45, 2.75) is 38.8 Å². The van der Waals surface area contributed by atoms with Crippen molar-refractivity contribution >= 4 is 5.78 Å². The summed E-state index contributed by atoms with van der Waals surface area (Å²) in [5.41, 5.74) is -0.421. The SMILES string of the molecule is CCCC/C=C\CC(=O)c1ccc(C(F)(F)F)cc1. The van der Waals surface area contributed by atoms with Gasteiger partial charge in [0.2, 0.25) is 0 Å². The van der Waals surface area contributed by atoms with Crippen LogP contribution in [0.4, 0.5) is 13.2 Å². The lowest BCUT2D eigenvalue weighted by Gasteiger charge is -2.06. The Morgan fingerprint density at radius 1 is 1.16 bits per heavy atom. The van der Waals surface area contributed by atoms with Gasteiger partial charge in [0.15, 0.2) is 5.78 Å². The molecule has 1 aromatic carbocycles. The highest BCUT2D eigenvalue weighted by Gasteiger charge is 2.30. The second-order valence-corrected chi connectivity index (χ2v) is 4.32. The van der Waals surface area contributed by atoms with Crippen LogP contribution >= 0.6 is 0 Å². The lowest BCUT2D eigenvalue weighted by atomic mass is 10.1. The first-order valence-corrected chi connectivity index (χ1v) is 6.30. The summed E-state index contributed by atoms with van der Waals surface area (Å²) < 4.78 is 37.0. The lowest BCUT2D eigenvalue weighted by Crippen LogP contribution is -2.05. The molecule has 0 saturated carbocycles. The van der Waals surface area contributed by atoms with E-state index in [-0.39, 0.29) is 12.2 Å². The van der Waals surface area contributed by atoms with E-state index < -0.39 is 11.7 Å². The summed E-state index contributed by atoms with van der Waals surface area (Å²) >= 11 is 0. The van der Waals surface area contributed by atoms with Crippen molar-refractivity contribution in [3.8, 4) is 0 Å². The molecule has 0 aliphatic heterocycles. The third kappa shape index (κ3) is 5.28. The number of carbonyl (C=O) groups excluding carboxylic acids is 1. The molecule has 0 aliphatic rings. The van der Waals surface area contributed by atoms with Crippen LogP contribution in [-0.4, -0.2) is 5.78 Å². The molecule has 0 unspecified atom stereocenters. The van der Waals surface area contributed by atoms with Crippen molar-refractivity contribution < 1.29 is 18.0 Å². The molecule has 0 saturated heterocycles. The number of unbranched alkanes of at least 4 members (excludes halogenated alkanes) is 2. The summed E-state index contributed by atoms with van der Waals surface area (Å²) in [5, 5.41) is 0. The Hall–Kier alpha value is -1.58. The van der Waals surface area contributed by atoms with Crippen molar-refractivity contribution in [3.05, 3.63) is 47.5 Å². The fourth-order valence-electron chi connectivity index (χ4n) is 1.59. The summed E-state index contributed by atoms with van der Waals surface area (Å²) in [5.74, 6) is -0.165. The number of hydrogen-bond acceptors (Lipinski definition) is 1.